The maximum absolute atomic E-state index is 5.65. The van der Waals surface area contributed by atoms with Gasteiger partial charge in [0.15, 0.2) is 12.5 Å². The Bertz CT molecular complexity index is 245. The van der Waals surface area contributed by atoms with Crippen LogP contribution >= 0.6 is 15.9 Å². The van der Waals surface area contributed by atoms with Gasteiger partial charge in [0.1, 0.15) is 0 Å². The molecule has 0 aliphatic rings. The molecule has 0 aliphatic carbocycles. The molecule has 1 rings (SSSR count). The fourth-order valence-electron chi connectivity index (χ4n) is 0.796. The summed E-state index contributed by atoms with van der Waals surface area (Å²) in [4.78, 5) is 0. The quantitative estimate of drug-likeness (QED) is 0.640. The van der Waals surface area contributed by atoms with E-state index in [1.807, 2.05) is 12.1 Å². The van der Waals surface area contributed by atoms with Gasteiger partial charge in [-0.1, -0.05) is 6.07 Å². The lowest BCUT2D eigenvalue weighted by molar-refractivity contribution is 0.0511. The monoisotopic (exact) mass is 231 g/mol. The summed E-state index contributed by atoms with van der Waals surface area (Å²) in [6, 6.07) is 5.48. The molecule has 1 aromatic rings. The van der Waals surface area contributed by atoms with Gasteiger partial charge in [0, 0.05) is 7.11 Å². The zero-order chi connectivity index (χ0) is 8.97. The van der Waals surface area contributed by atoms with E-state index in [9.17, 15) is 0 Å². The van der Waals surface area contributed by atoms with Gasteiger partial charge in [0.05, 0.1) is 10.2 Å². The lowest BCUT2D eigenvalue weighted by atomic mass is 10.3. The molecule has 0 unspecified atom stereocenters. The van der Waals surface area contributed by atoms with Gasteiger partial charge < -0.3 is 15.2 Å². The van der Waals surface area contributed by atoms with Crippen LogP contribution in [0.1, 0.15) is 0 Å². The summed E-state index contributed by atoms with van der Waals surface area (Å²) in [6.07, 6.45) is 0. The predicted octanol–water partition coefficient (Wildman–Crippen LogP) is 2.01. The minimum Gasteiger partial charge on any atom is -0.464 e. The number of rotatable bonds is 3. The average Bonchev–Trinajstić information content (AvgIpc) is 2.04. The lowest BCUT2D eigenvalue weighted by Gasteiger charge is -2.08. The van der Waals surface area contributed by atoms with E-state index in [0.717, 1.165) is 4.47 Å². The van der Waals surface area contributed by atoms with Gasteiger partial charge in [-0.3, -0.25) is 0 Å². The fraction of sp³-hybridized carbons (Fsp3) is 0.250. The van der Waals surface area contributed by atoms with Crippen LogP contribution in [0.5, 0.6) is 5.75 Å². The van der Waals surface area contributed by atoms with Crippen LogP contribution in [0.2, 0.25) is 0 Å². The first-order valence-corrected chi connectivity index (χ1v) is 4.20. The molecule has 0 radical (unpaired) electrons. The lowest BCUT2D eigenvalue weighted by Crippen LogP contribution is -2.02. The molecule has 0 amide bonds. The van der Waals surface area contributed by atoms with Crippen molar-refractivity contribution in [2.45, 2.75) is 0 Å². The average molecular weight is 232 g/mol. The van der Waals surface area contributed by atoms with E-state index in [2.05, 4.69) is 15.9 Å². The Hall–Kier alpha value is -0.740. The molecule has 0 aromatic heterocycles. The van der Waals surface area contributed by atoms with Gasteiger partial charge in [-0.25, -0.2) is 0 Å². The van der Waals surface area contributed by atoms with Crippen molar-refractivity contribution in [3.8, 4) is 5.75 Å². The standard InChI is InChI=1S/C8H10BrNO2/c1-11-5-12-8-6(9)3-2-4-7(8)10/h2-4H,5,10H2,1H3. The van der Waals surface area contributed by atoms with Crippen LogP contribution < -0.4 is 10.5 Å². The van der Waals surface area contributed by atoms with Crippen LogP contribution in [0.15, 0.2) is 22.7 Å². The first-order chi connectivity index (χ1) is 5.75. The Morgan fingerprint density at radius 2 is 2.25 bits per heavy atom. The molecule has 1 aromatic carbocycles. The number of hydrogen-bond donors (Lipinski definition) is 1. The molecule has 0 spiro atoms. The first kappa shape index (κ1) is 9.35. The van der Waals surface area contributed by atoms with Crippen LogP contribution in [0.3, 0.4) is 0 Å². The Morgan fingerprint density at radius 1 is 1.50 bits per heavy atom. The fourth-order valence-corrected chi connectivity index (χ4v) is 1.29. The molecule has 0 aliphatic heterocycles. The summed E-state index contributed by atoms with van der Waals surface area (Å²) < 4.78 is 10.8. The second-order valence-corrected chi connectivity index (χ2v) is 3.06. The molecular weight excluding hydrogens is 222 g/mol. The van der Waals surface area contributed by atoms with Crippen molar-refractivity contribution in [2.24, 2.45) is 0 Å². The molecule has 12 heavy (non-hydrogen) atoms. The van der Waals surface area contributed by atoms with Crippen LogP contribution in [0.4, 0.5) is 5.69 Å². The maximum atomic E-state index is 5.65. The number of halogens is 1. The molecule has 0 fully saturated rings. The van der Waals surface area contributed by atoms with E-state index in [0.29, 0.717) is 11.4 Å². The third-order valence-electron chi connectivity index (χ3n) is 1.32. The van der Waals surface area contributed by atoms with E-state index in [-0.39, 0.29) is 6.79 Å². The second kappa shape index (κ2) is 4.33. The van der Waals surface area contributed by atoms with Crippen molar-refractivity contribution in [3.63, 3.8) is 0 Å². The van der Waals surface area contributed by atoms with Crippen LogP contribution in [0, 0.1) is 0 Å². The van der Waals surface area contributed by atoms with Crippen LogP contribution in [-0.4, -0.2) is 13.9 Å². The smallest absolute Gasteiger partial charge is 0.188 e. The van der Waals surface area contributed by atoms with Crippen molar-refractivity contribution in [3.05, 3.63) is 22.7 Å². The van der Waals surface area contributed by atoms with Gasteiger partial charge in [-0.15, -0.1) is 0 Å². The Morgan fingerprint density at radius 3 is 2.83 bits per heavy atom. The number of anilines is 1. The highest BCUT2D eigenvalue weighted by atomic mass is 79.9. The number of para-hydroxylation sites is 1. The van der Waals surface area contributed by atoms with Gasteiger partial charge in [0.25, 0.3) is 0 Å². The Kier molecular flexibility index (Phi) is 3.37. The predicted molar refractivity (Wildman–Crippen MR) is 51.1 cm³/mol. The summed E-state index contributed by atoms with van der Waals surface area (Å²) in [6.45, 7) is 0.201. The number of hydrogen-bond acceptors (Lipinski definition) is 3. The minimum absolute atomic E-state index is 0.201. The summed E-state index contributed by atoms with van der Waals surface area (Å²) in [5.41, 5.74) is 6.25. The van der Waals surface area contributed by atoms with E-state index in [4.69, 9.17) is 15.2 Å². The summed E-state index contributed by atoms with van der Waals surface area (Å²) in [7, 11) is 1.56. The number of ether oxygens (including phenoxy) is 2. The molecule has 2 N–H and O–H groups in total. The number of nitrogen functional groups attached to an aromatic ring is 1. The number of methoxy groups -OCH3 is 1. The van der Waals surface area contributed by atoms with Gasteiger partial charge >= 0.3 is 0 Å². The number of benzene rings is 1. The SMILES string of the molecule is COCOc1c(N)cccc1Br. The van der Waals surface area contributed by atoms with Crippen molar-refractivity contribution >= 4 is 21.6 Å². The molecule has 0 bridgehead atoms. The van der Waals surface area contributed by atoms with E-state index >= 15 is 0 Å². The summed E-state index contributed by atoms with van der Waals surface area (Å²) in [5, 5.41) is 0. The summed E-state index contributed by atoms with van der Waals surface area (Å²) in [5.74, 6) is 0.624. The zero-order valence-corrected chi connectivity index (χ0v) is 8.30. The highest BCUT2D eigenvalue weighted by molar-refractivity contribution is 9.10. The molecule has 0 heterocycles. The summed E-state index contributed by atoms with van der Waals surface area (Å²) >= 11 is 3.32. The van der Waals surface area contributed by atoms with E-state index in [1.165, 1.54) is 0 Å². The van der Waals surface area contributed by atoms with Gasteiger partial charge in [-0.2, -0.15) is 0 Å². The first-order valence-electron chi connectivity index (χ1n) is 3.41. The zero-order valence-electron chi connectivity index (χ0n) is 6.71. The molecule has 0 saturated heterocycles. The van der Waals surface area contributed by atoms with Crippen molar-refractivity contribution < 1.29 is 9.47 Å². The third kappa shape index (κ3) is 2.12. The minimum atomic E-state index is 0.201. The Balaban J connectivity index is 2.81. The molecule has 66 valence electrons. The normalized spacial score (nSPS) is 9.83. The van der Waals surface area contributed by atoms with Crippen molar-refractivity contribution in [1.29, 1.82) is 0 Å². The van der Waals surface area contributed by atoms with Crippen LogP contribution in [-0.2, 0) is 4.74 Å². The van der Waals surface area contributed by atoms with E-state index in [1.54, 1.807) is 13.2 Å². The van der Waals surface area contributed by atoms with Gasteiger partial charge in [0.2, 0.25) is 0 Å². The largest absolute Gasteiger partial charge is 0.464 e. The molecule has 0 atom stereocenters. The van der Waals surface area contributed by atoms with Crippen molar-refractivity contribution in [1.82, 2.24) is 0 Å². The highest BCUT2D eigenvalue weighted by Gasteiger charge is 2.03. The molecule has 0 saturated carbocycles. The molecular formula is C8H10BrNO2. The van der Waals surface area contributed by atoms with Crippen molar-refractivity contribution in [2.75, 3.05) is 19.6 Å². The van der Waals surface area contributed by atoms with Gasteiger partial charge in [-0.05, 0) is 28.1 Å². The number of nitrogens with two attached hydrogens (primary N) is 1. The molecule has 4 heteroatoms. The van der Waals surface area contributed by atoms with Crippen LogP contribution in [0.25, 0.3) is 0 Å². The molecule has 3 nitrogen and oxygen atoms in total. The topological polar surface area (TPSA) is 44.5 Å². The Labute approximate surface area is 79.6 Å². The van der Waals surface area contributed by atoms with E-state index < -0.39 is 0 Å². The maximum Gasteiger partial charge on any atom is 0.188 e. The highest BCUT2D eigenvalue weighted by Crippen LogP contribution is 2.30. The second-order valence-electron chi connectivity index (χ2n) is 2.21. The third-order valence-corrected chi connectivity index (χ3v) is 1.94.